The van der Waals surface area contributed by atoms with Crippen LogP contribution in [0.5, 0.6) is 0 Å². The fourth-order valence-corrected chi connectivity index (χ4v) is 10.6. The van der Waals surface area contributed by atoms with Crippen molar-refractivity contribution in [1.29, 1.82) is 0 Å². The maximum absolute atomic E-state index is 6.09. The van der Waals surface area contributed by atoms with Crippen LogP contribution >= 0.6 is 0 Å². The van der Waals surface area contributed by atoms with Crippen LogP contribution in [0.2, 0.25) is 0 Å². The summed E-state index contributed by atoms with van der Waals surface area (Å²) in [6.07, 6.45) is 8.33. The molecule has 2 aliphatic rings. The second kappa shape index (κ2) is 17.9. The van der Waals surface area contributed by atoms with Gasteiger partial charge in [0.15, 0.2) is 0 Å². The summed E-state index contributed by atoms with van der Waals surface area (Å²) in [6.45, 7) is 28.4. The zero-order valence-corrected chi connectivity index (χ0v) is 40.4. The van der Waals surface area contributed by atoms with Crippen molar-refractivity contribution in [2.45, 2.75) is 149 Å². The molecular weight excluding hydrogens is 753 g/mol. The molecular formula is C59H71OSi. The van der Waals surface area contributed by atoms with Gasteiger partial charge in [0.25, 0.3) is 0 Å². The largest absolute Gasteiger partial charge is 0.376 e. The molecule has 0 aliphatic heterocycles. The van der Waals surface area contributed by atoms with E-state index in [9.17, 15) is 0 Å². The molecule has 0 fully saturated rings. The van der Waals surface area contributed by atoms with Gasteiger partial charge in [-0.15, -0.1) is 0 Å². The van der Waals surface area contributed by atoms with Crippen LogP contribution in [0.1, 0.15) is 172 Å². The molecule has 317 valence electrons. The van der Waals surface area contributed by atoms with Crippen LogP contribution in [0, 0.1) is 5.92 Å². The first-order valence-corrected chi connectivity index (χ1v) is 23.7. The molecule has 0 bridgehead atoms. The highest BCUT2D eigenvalue weighted by Crippen LogP contribution is 2.60. The standard InChI is InChI=1S/C59H71OSi/c1-38(2)50-37-51-45(40-28-32-42(33-29-40)57(4,5)6)23-19-25-47(51)55(50)56(48-22-16-17-27-52(48)61)53-39(3)44(21-15-13-14-18-36-60-59(10,11)12)54-46(24-20-26-49(53)54)41-30-34-43(35-31-41)58(7,8)9/h16-17,19-20,22-35,37-38,53,55-56H,13-15,18,21,36H2,1-12H3. The van der Waals surface area contributed by atoms with E-state index in [0.717, 1.165) is 19.4 Å². The van der Waals surface area contributed by atoms with Gasteiger partial charge in [0.2, 0.25) is 0 Å². The van der Waals surface area contributed by atoms with E-state index in [1.165, 1.54) is 96.8 Å². The summed E-state index contributed by atoms with van der Waals surface area (Å²) >= 11 is 0. The lowest BCUT2D eigenvalue weighted by Gasteiger charge is -2.36. The smallest absolute Gasteiger partial charge is 0.0715 e. The Labute approximate surface area is 373 Å². The van der Waals surface area contributed by atoms with Gasteiger partial charge in [0.05, 0.1) is 15.8 Å². The summed E-state index contributed by atoms with van der Waals surface area (Å²) in [5.74, 6) is 0.999. The number of hydrogen-bond donors (Lipinski definition) is 0. The Balaban J connectivity index is 1.37. The van der Waals surface area contributed by atoms with Gasteiger partial charge in [-0.1, -0.05) is 200 Å². The van der Waals surface area contributed by atoms with Crippen molar-refractivity contribution in [2.24, 2.45) is 5.92 Å². The molecule has 0 N–H and O–H groups in total. The van der Waals surface area contributed by atoms with Gasteiger partial charge in [-0.25, -0.2) is 0 Å². The van der Waals surface area contributed by atoms with Crippen molar-refractivity contribution >= 4 is 27.1 Å². The summed E-state index contributed by atoms with van der Waals surface area (Å²) < 4.78 is 6.09. The number of unbranched alkanes of at least 4 members (excludes halogenated alkanes) is 3. The predicted octanol–water partition coefficient (Wildman–Crippen LogP) is 15.7. The van der Waals surface area contributed by atoms with Gasteiger partial charge < -0.3 is 4.74 Å². The minimum atomic E-state index is -0.0835. The van der Waals surface area contributed by atoms with E-state index < -0.39 is 0 Å². The van der Waals surface area contributed by atoms with Crippen molar-refractivity contribution < 1.29 is 4.74 Å². The predicted molar refractivity (Wildman–Crippen MR) is 265 cm³/mol. The second-order valence-corrected chi connectivity index (χ2v) is 21.9. The van der Waals surface area contributed by atoms with Gasteiger partial charge in [0, 0.05) is 24.4 Å². The van der Waals surface area contributed by atoms with Crippen LogP contribution in [-0.4, -0.2) is 22.5 Å². The highest BCUT2D eigenvalue weighted by atomic mass is 28.1. The third-order valence-electron chi connectivity index (χ3n) is 13.5. The summed E-state index contributed by atoms with van der Waals surface area (Å²) in [4.78, 5) is 0. The zero-order valence-electron chi connectivity index (χ0n) is 39.4. The van der Waals surface area contributed by atoms with E-state index in [1.54, 1.807) is 5.57 Å². The topological polar surface area (TPSA) is 9.23 Å². The molecule has 3 atom stereocenters. The third kappa shape index (κ3) is 9.57. The maximum Gasteiger partial charge on any atom is 0.0715 e. The summed E-state index contributed by atoms with van der Waals surface area (Å²) in [5.41, 5.74) is 20.0. The molecule has 0 spiro atoms. The summed E-state index contributed by atoms with van der Waals surface area (Å²) in [6, 6.07) is 42.2. The number of hydrogen-bond acceptors (Lipinski definition) is 1. The second-order valence-electron chi connectivity index (χ2n) is 21.4. The Morgan fingerprint density at radius 2 is 1.15 bits per heavy atom. The van der Waals surface area contributed by atoms with Crippen molar-refractivity contribution in [1.82, 2.24) is 0 Å². The average molecular weight is 824 g/mol. The molecule has 5 aromatic carbocycles. The molecule has 0 aromatic heterocycles. The first kappa shape index (κ1) is 44.8. The Morgan fingerprint density at radius 3 is 1.72 bits per heavy atom. The first-order valence-electron chi connectivity index (χ1n) is 23.2. The molecule has 0 heterocycles. The molecule has 5 aromatic rings. The lowest BCUT2D eigenvalue weighted by atomic mass is 9.67. The van der Waals surface area contributed by atoms with E-state index in [2.05, 4.69) is 209 Å². The van der Waals surface area contributed by atoms with Crippen molar-refractivity contribution in [3.63, 3.8) is 0 Å². The number of allylic oxidation sites excluding steroid dienone is 3. The van der Waals surface area contributed by atoms with Gasteiger partial charge in [-0.05, 0) is 130 Å². The Bertz CT molecular complexity index is 2380. The number of fused-ring (bicyclic) bond motifs is 2. The highest BCUT2D eigenvalue weighted by Gasteiger charge is 2.44. The van der Waals surface area contributed by atoms with E-state index in [1.807, 2.05) is 0 Å². The van der Waals surface area contributed by atoms with Crippen molar-refractivity contribution in [3.8, 4) is 22.3 Å². The Hall–Kier alpha value is -4.24. The van der Waals surface area contributed by atoms with Crippen LogP contribution in [0.3, 0.4) is 0 Å². The number of ether oxygens (including phenoxy) is 1. The summed E-state index contributed by atoms with van der Waals surface area (Å²) in [5, 5.41) is 1.19. The molecule has 1 nitrogen and oxygen atoms in total. The average Bonchev–Trinajstić information content (AvgIpc) is 3.73. The van der Waals surface area contributed by atoms with Crippen molar-refractivity contribution in [3.05, 3.63) is 159 Å². The molecule has 7 rings (SSSR count). The third-order valence-corrected chi connectivity index (χ3v) is 14.0. The first-order chi connectivity index (χ1) is 28.8. The van der Waals surface area contributed by atoms with E-state index in [4.69, 9.17) is 4.74 Å². The summed E-state index contributed by atoms with van der Waals surface area (Å²) in [7, 11) is 4.22. The number of rotatable bonds is 13. The number of benzene rings is 5. The Kier molecular flexibility index (Phi) is 13.1. The lowest BCUT2D eigenvalue weighted by Crippen LogP contribution is -2.26. The SMILES string of the molecule is CC1=C(CCCCCCOC(C)(C)C)c2c(-c3ccc(C(C)(C)C)cc3)cccc2C1C(c1ccccc1[Si])C1C(C(C)C)=Cc2c(-c3ccc(C(C)(C)C)cc3)cccc21. The van der Waals surface area contributed by atoms with E-state index in [-0.39, 0.29) is 34.2 Å². The molecule has 0 amide bonds. The van der Waals surface area contributed by atoms with Gasteiger partial charge in [-0.2, -0.15) is 0 Å². The van der Waals surface area contributed by atoms with Crippen LogP contribution < -0.4 is 5.19 Å². The molecule has 3 unspecified atom stereocenters. The minimum Gasteiger partial charge on any atom is -0.376 e. The van der Waals surface area contributed by atoms with E-state index >= 15 is 0 Å². The quantitative estimate of drug-likeness (QED) is 0.0849. The van der Waals surface area contributed by atoms with Gasteiger partial charge >= 0.3 is 0 Å². The van der Waals surface area contributed by atoms with Gasteiger partial charge in [-0.3, -0.25) is 0 Å². The van der Waals surface area contributed by atoms with Crippen LogP contribution in [0.15, 0.2) is 120 Å². The van der Waals surface area contributed by atoms with Crippen LogP contribution in [-0.2, 0) is 15.6 Å². The molecule has 0 saturated carbocycles. The molecule has 3 radical (unpaired) electrons. The highest BCUT2D eigenvalue weighted by molar-refractivity contribution is 6.33. The normalized spacial score (nSPS) is 17.2. The van der Waals surface area contributed by atoms with E-state index in [0.29, 0.717) is 5.92 Å². The molecule has 61 heavy (non-hydrogen) atoms. The van der Waals surface area contributed by atoms with Gasteiger partial charge in [0.1, 0.15) is 0 Å². The minimum absolute atomic E-state index is 0.0835. The fourth-order valence-electron chi connectivity index (χ4n) is 10.2. The molecule has 0 saturated heterocycles. The lowest BCUT2D eigenvalue weighted by molar-refractivity contribution is -0.00473. The van der Waals surface area contributed by atoms with Crippen LogP contribution in [0.4, 0.5) is 0 Å². The van der Waals surface area contributed by atoms with Crippen molar-refractivity contribution in [2.75, 3.05) is 6.61 Å². The molecule has 2 heteroatoms. The monoisotopic (exact) mass is 824 g/mol. The molecule has 2 aliphatic carbocycles. The van der Waals surface area contributed by atoms with Crippen LogP contribution in [0.25, 0.3) is 33.9 Å². The zero-order chi connectivity index (χ0) is 43.9. The fraction of sp³-hybridized carbons (Fsp3) is 0.424. The Morgan fingerprint density at radius 1 is 0.590 bits per heavy atom. The maximum atomic E-state index is 6.09.